The first-order valence-corrected chi connectivity index (χ1v) is 29.6. The van der Waals surface area contributed by atoms with Crippen molar-refractivity contribution in [1.82, 2.24) is 13.7 Å². The van der Waals surface area contributed by atoms with E-state index in [1.807, 2.05) is 34.1 Å². The quantitative estimate of drug-likeness (QED) is 0.160. The Morgan fingerprint density at radius 1 is 0.273 bits per heavy atom. The van der Waals surface area contributed by atoms with Crippen LogP contribution in [-0.4, -0.2) is 20.4 Å². The second-order valence-corrected chi connectivity index (χ2v) is 27.4. The number of para-hydroxylation sites is 6. The van der Waals surface area contributed by atoms with Gasteiger partial charge in [-0.3, -0.25) is 0 Å². The molecule has 3 aromatic heterocycles. The van der Waals surface area contributed by atoms with Crippen molar-refractivity contribution in [2.45, 2.75) is 105 Å². The fourth-order valence-corrected chi connectivity index (χ4v) is 13.2. The highest BCUT2D eigenvalue weighted by Crippen LogP contribution is 2.50. The number of hydrogen-bond donors (Lipinski definition) is 0. The molecule has 5 heterocycles. The van der Waals surface area contributed by atoms with Gasteiger partial charge in [-0.15, -0.1) is 0 Å². The van der Waals surface area contributed by atoms with Gasteiger partial charge in [0, 0.05) is 77.8 Å². The number of fused-ring (bicyclic) bond motifs is 13. The molecule has 2 aliphatic rings. The van der Waals surface area contributed by atoms with Gasteiger partial charge in [-0.2, -0.15) is 0 Å². The van der Waals surface area contributed by atoms with Crippen molar-refractivity contribution in [3.05, 3.63) is 252 Å². The molecular weight excluding hydrogens is 1070 g/mol. The standard InChI is InChI=1S/C82H74BN5/c1-79(2,3)51-41-52(80(4,5)6)44-57(43-51)87-74-47-55(84-68-31-19-13-25-60(68)61-26-14-20-32-69(61)84)37-39-66(74)83-67-40-38-56(85-70-33-21-15-27-62(70)63-28-16-22-34-71(63)85)48-75(67)88(58-45-53(81(7,8)9)42-54(46-58)82(10,11)12)77-50-59(49-76(87)78(77)83)86-72-35-23-17-29-64(72)65-30-18-24-36-73(65)86/h13-50H,1-12H3/i13D,14D,15D,16D,17D,18D,19D,20D,21D,22D,23D,24D,25D,26D,27D,28D,29D,30D,31D,32D,33D,34D,35D,36D. The van der Waals surface area contributed by atoms with Gasteiger partial charge in [0.25, 0.3) is 6.71 Å². The topological polar surface area (TPSA) is 21.3 Å². The molecule has 0 bridgehead atoms. The lowest BCUT2D eigenvalue weighted by atomic mass is 9.33. The Morgan fingerprint density at radius 2 is 0.523 bits per heavy atom. The van der Waals surface area contributed by atoms with Crippen molar-refractivity contribution in [2.75, 3.05) is 9.80 Å². The number of benzene rings is 11. The first-order chi connectivity index (χ1) is 52.1. The fourth-order valence-electron chi connectivity index (χ4n) is 13.2. The van der Waals surface area contributed by atoms with Gasteiger partial charge >= 0.3 is 0 Å². The minimum absolute atomic E-state index is 0.117. The molecule has 88 heavy (non-hydrogen) atoms. The van der Waals surface area contributed by atoms with Gasteiger partial charge in [-0.05, 0) is 157 Å². The van der Waals surface area contributed by atoms with E-state index in [9.17, 15) is 19.2 Å². The summed E-state index contributed by atoms with van der Waals surface area (Å²) in [6.07, 6.45) is 0. The van der Waals surface area contributed by atoms with E-state index >= 15 is 0 Å². The Bertz CT molecular complexity index is 6090. The number of nitrogens with zero attached hydrogens (tertiary/aromatic N) is 5. The van der Waals surface area contributed by atoms with E-state index in [2.05, 4.69) is 119 Å². The molecule has 0 fully saturated rings. The van der Waals surface area contributed by atoms with Crippen LogP contribution in [0.4, 0.5) is 34.1 Å². The lowest BCUT2D eigenvalue weighted by Crippen LogP contribution is -2.61. The molecule has 0 radical (unpaired) electrons. The average molecular weight is 1160 g/mol. The third-order valence-corrected chi connectivity index (χ3v) is 17.7. The number of hydrogen-bond acceptors (Lipinski definition) is 2. The van der Waals surface area contributed by atoms with Crippen molar-refractivity contribution in [1.29, 1.82) is 0 Å². The van der Waals surface area contributed by atoms with Gasteiger partial charge in [-0.25, -0.2) is 0 Å². The predicted molar refractivity (Wildman–Crippen MR) is 378 cm³/mol. The van der Waals surface area contributed by atoms with E-state index in [1.165, 1.54) is 13.7 Å². The highest BCUT2D eigenvalue weighted by atomic mass is 15.2. The maximum atomic E-state index is 9.98. The van der Waals surface area contributed by atoms with Crippen LogP contribution < -0.4 is 26.2 Å². The molecule has 16 rings (SSSR count). The van der Waals surface area contributed by atoms with Gasteiger partial charge in [-0.1, -0.05) is 216 Å². The smallest absolute Gasteiger partial charge is 0.252 e. The van der Waals surface area contributed by atoms with E-state index in [0.29, 0.717) is 50.5 Å². The first kappa shape index (κ1) is 34.1. The average Bonchev–Trinajstić information content (AvgIpc) is 1.27. The molecule has 0 atom stereocenters. The molecule has 0 saturated heterocycles. The summed E-state index contributed by atoms with van der Waals surface area (Å²) in [7, 11) is 0. The molecule has 5 nitrogen and oxygen atoms in total. The van der Waals surface area contributed by atoms with Gasteiger partial charge < -0.3 is 23.5 Å². The van der Waals surface area contributed by atoms with E-state index in [4.69, 9.17) is 13.7 Å². The summed E-state index contributed by atoms with van der Waals surface area (Å²) in [5.74, 6) is 0. The maximum Gasteiger partial charge on any atom is 0.252 e. The van der Waals surface area contributed by atoms with Crippen LogP contribution >= 0.6 is 0 Å². The molecular formula is C82H74BN5. The van der Waals surface area contributed by atoms with E-state index < -0.39 is 173 Å². The summed E-state index contributed by atoms with van der Waals surface area (Å²) >= 11 is 0. The molecule has 0 aliphatic carbocycles. The van der Waals surface area contributed by atoms with Crippen LogP contribution in [0.2, 0.25) is 0 Å². The predicted octanol–water partition coefficient (Wildman–Crippen LogP) is 20.3. The van der Waals surface area contributed by atoms with Crippen LogP contribution in [0.3, 0.4) is 0 Å². The van der Waals surface area contributed by atoms with Crippen molar-refractivity contribution in [3.8, 4) is 17.1 Å². The highest BCUT2D eigenvalue weighted by Gasteiger charge is 2.45. The molecule has 0 amide bonds. The summed E-state index contributed by atoms with van der Waals surface area (Å²) in [5.41, 5.74) is 5.29. The molecule has 0 spiro atoms. The molecule has 11 aromatic carbocycles. The largest absolute Gasteiger partial charge is 0.311 e. The molecule has 430 valence electrons. The number of anilines is 6. The second-order valence-electron chi connectivity index (χ2n) is 27.4. The Hall–Kier alpha value is -9.52. The van der Waals surface area contributed by atoms with Crippen LogP contribution in [-0.2, 0) is 21.7 Å². The molecule has 6 heteroatoms. The zero-order valence-corrected chi connectivity index (χ0v) is 50.9. The molecule has 0 saturated carbocycles. The Morgan fingerprint density at radius 3 is 0.795 bits per heavy atom. The summed E-state index contributed by atoms with van der Waals surface area (Å²) in [6.45, 7) is 24.1. The van der Waals surface area contributed by atoms with Crippen LogP contribution in [0.15, 0.2) is 230 Å². The summed E-state index contributed by atoms with van der Waals surface area (Å²) in [4.78, 5) is 4.06. The van der Waals surface area contributed by atoms with Gasteiger partial charge in [0.1, 0.15) is 0 Å². The summed E-state index contributed by atoms with van der Waals surface area (Å²) < 4.78 is 230. The van der Waals surface area contributed by atoms with Crippen LogP contribution in [0.1, 0.15) is 138 Å². The van der Waals surface area contributed by atoms with Crippen molar-refractivity contribution < 1.29 is 32.9 Å². The minimum Gasteiger partial charge on any atom is -0.311 e. The van der Waals surface area contributed by atoms with E-state index in [-0.39, 0.29) is 82.5 Å². The van der Waals surface area contributed by atoms with Gasteiger partial charge in [0.05, 0.1) is 71.7 Å². The fraction of sp³-hybridized carbons (Fsp3) is 0.195. The molecule has 0 unspecified atom stereocenters. The normalized spacial score (nSPS) is 17.4. The van der Waals surface area contributed by atoms with Gasteiger partial charge in [0.15, 0.2) is 0 Å². The lowest BCUT2D eigenvalue weighted by Gasteiger charge is -2.45. The van der Waals surface area contributed by atoms with Crippen LogP contribution in [0, 0.1) is 0 Å². The minimum atomic E-state index is -0.950. The molecule has 2 aliphatic heterocycles. The SMILES string of the molecule is [2H]c1c([2H])c([2H])c2c(c1[2H])c1c([2H])c([2H])c([2H])c([2H])c1n2-c1ccc2c(c1)N(c1cc(C(C)(C)C)cc(C(C)(C)C)c1)c1cc(-n3c4c([2H])c([2H])c([2H])c([2H])c4c4c([2H])c([2H])c([2H])c([2H])c43)cc3c1B2c1ccc(-n2c4c([2H])c([2H])c([2H])c([2H])c4c4c([2H])c([2H])c([2H])c([2H])c42)cc1N3c1cc(C(C)(C)C)cc(C(C)(C)C)c1. The Balaban J connectivity index is 1.17. The van der Waals surface area contributed by atoms with Gasteiger partial charge in [0.2, 0.25) is 0 Å². The zero-order valence-electron chi connectivity index (χ0n) is 74.9. The van der Waals surface area contributed by atoms with Crippen molar-refractivity contribution in [3.63, 3.8) is 0 Å². The number of rotatable bonds is 5. The monoisotopic (exact) mass is 1160 g/mol. The zero-order chi connectivity index (χ0) is 81.4. The Labute approximate surface area is 551 Å². The van der Waals surface area contributed by atoms with E-state index in [0.717, 1.165) is 22.3 Å². The van der Waals surface area contributed by atoms with Crippen molar-refractivity contribution in [2.24, 2.45) is 0 Å². The third kappa shape index (κ3) is 8.20. The first-order valence-electron chi connectivity index (χ1n) is 41.6. The molecule has 0 N–H and O–H groups in total. The summed E-state index contributed by atoms with van der Waals surface area (Å²) in [5, 5.41) is -1.02. The van der Waals surface area contributed by atoms with Crippen molar-refractivity contribution >= 4 is 123 Å². The second kappa shape index (κ2) is 19.0. The number of aromatic nitrogens is 3. The van der Waals surface area contributed by atoms with E-state index in [1.54, 1.807) is 24.3 Å². The maximum absolute atomic E-state index is 9.98. The third-order valence-electron chi connectivity index (χ3n) is 17.7. The van der Waals surface area contributed by atoms with Crippen LogP contribution in [0.5, 0.6) is 0 Å². The highest BCUT2D eigenvalue weighted by molar-refractivity contribution is 7.00. The summed E-state index contributed by atoms with van der Waals surface area (Å²) in [6, 6.07) is 12.6. The Kier molecular flexibility index (Phi) is 7.37. The van der Waals surface area contributed by atoms with Crippen LogP contribution in [0.25, 0.3) is 82.5 Å². The molecule has 14 aromatic rings. The lowest BCUT2D eigenvalue weighted by molar-refractivity contribution is 0.568.